The zero-order valence-electron chi connectivity index (χ0n) is 15.6. The van der Waals surface area contributed by atoms with Crippen LogP contribution in [0.3, 0.4) is 0 Å². The van der Waals surface area contributed by atoms with Crippen molar-refractivity contribution in [1.29, 1.82) is 0 Å². The summed E-state index contributed by atoms with van der Waals surface area (Å²) in [5.74, 6) is 0. The number of hydrogen-bond donors (Lipinski definition) is 3. The van der Waals surface area contributed by atoms with Crippen LogP contribution in [0.15, 0.2) is 44.8 Å². The van der Waals surface area contributed by atoms with Crippen molar-refractivity contribution in [3.63, 3.8) is 0 Å². The van der Waals surface area contributed by atoms with Gasteiger partial charge in [0.15, 0.2) is 0 Å². The topological polar surface area (TPSA) is 115 Å². The smallest absolute Gasteiger partial charge is 0.314 e. The van der Waals surface area contributed by atoms with E-state index in [0.717, 1.165) is 31.6 Å². The molecule has 0 radical (unpaired) electrons. The van der Waals surface area contributed by atoms with Gasteiger partial charge in [-0.1, -0.05) is 11.6 Å². The molecule has 10 heteroatoms. The fourth-order valence-corrected chi connectivity index (χ4v) is 5.14. The number of nitrogens with one attached hydrogen (secondary N) is 3. The molecule has 1 aromatic heterocycles. The highest BCUT2D eigenvalue weighted by molar-refractivity contribution is 7.92. The van der Waals surface area contributed by atoms with Gasteiger partial charge in [-0.3, -0.25) is 14.3 Å². The Morgan fingerprint density at radius 3 is 2.24 bits per heavy atom. The predicted octanol–water partition coefficient (Wildman–Crippen LogP) is 2.58. The third-order valence-corrected chi connectivity index (χ3v) is 6.78. The van der Waals surface area contributed by atoms with Gasteiger partial charge >= 0.3 is 11.1 Å². The van der Waals surface area contributed by atoms with Crippen LogP contribution in [0.2, 0.25) is 5.02 Å². The van der Waals surface area contributed by atoms with E-state index >= 15 is 0 Å². The number of sulfonamides is 1. The van der Waals surface area contributed by atoms with E-state index in [0.29, 0.717) is 21.8 Å². The number of halogens is 1. The second-order valence-electron chi connectivity index (χ2n) is 7.04. The number of nitrogens with zero attached hydrogens (tertiary/aromatic N) is 1. The predicted molar refractivity (Wildman–Crippen MR) is 114 cm³/mol. The molecule has 4 rings (SSSR count). The normalized spacial score (nSPS) is 14.5. The van der Waals surface area contributed by atoms with E-state index < -0.39 is 21.1 Å². The quantitative estimate of drug-likeness (QED) is 0.546. The summed E-state index contributed by atoms with van der Waals surface area (Å²) in [4.78, 5) is 30.0. The average Bonchev–Trinajstić information content (AvgIpc) is 3.16. The minimum absolute atomic E-state index is 0.00700. The number of H-pyrrole nitrogens is 2. The second-order valence-corrected chi connectivity index (χ2v) is 9.10. The van der Waals surface area contributed by atoms with Crippen molar-refractivity contribution in [2.75, 3.05) is 22.7 Å². The van der Waals surface area contributed by atoms with Gasteiger partial charge in [-0.25, -0.2) is 8.42 Å². The molecule has 2 heterocycles. The molecule has 8 nitrogen and oxygen atoms in total. The lowest BCUT2D eigenvalue weighted by Gasteiger charge is -2.20. The van der Waals surface area contributed by atoms with Crippen LogP contribution in [0.4, 0.5) is 11.4 Å². The van der Waals surface area contributed by atoms with Crippen LogP contribution < -0.4 is 20.7 Å². The van der Waals surface area contributed by atoms with Crippen molar-refractivity contribution < 1.29 is 8.42 Å². The van der Waals surface area contributed by atoms with E-state index in [4.69, 9.17) is 11.6 Å². The molecule has 0 spiro atoms. The number of aromatic amines is 2. The Hall–Kier alpha value is -2.78. The van der Waals surface area contributed by atoms with Crippen molar-refractivity contribution in [2.24, 2.45) is 0 Å². The number of fused-ring (bicyclic) bond motifs is 1. The molecule has 152 valence electrons. The van der Waals surface area contributed by atoms with Crippen molar-refractivity contribution >= 4 is 44.0 Å². The Bertz CT molecular complexity index is 1320. The molecule has 3 N–H and O–H groups in total. The molecule has 0 unspecified atom stereocenters. The maximum absolute atomic E-state index is 12.9. The first-order chi connectivity index (χ1) is 13.7. The summed E-state index contributed by atoms with van der Waals surface area (Å²) in [5, 5.41) is 0.476. The van der Waals surface area contributed by atoms with Gasteiger partial charge in [-0.15, -0.1) is 0 Å². The van der Waals surface area contributed by atoms with Crippen LogP contribution in [0.25, 0.3) is 11.0 Å². The van der Waals surface area contributed by atoms with Crippen molar-refractivity contribution in [3.05, 3.63) is 61.6 Å². The van der Waals surface area contributed by atoms with E-state index in [1.54, 1.807) is 25.1 Å². The van der Waals surface area contributed by atoms with Crippen molar-refractivity contribution in [1.82, 2.24) is 9.97 Å². The number of aromatic nitrogens is 2. The number of anilines is 2. The summed E-state index contributed by atoms with van der Waals surface area (Å²) in [6, 6.07) is 7.89. The molecule has 1 saturated heterocycles. The van der Waals surface area contributed by atoms with E-state index in [1.165, 1.54) is 12.1 Å². The van der Waals surface area contributed by atoms with E-state index in [9.17, 15) is 18.0 Å². The van der Waals surface area contributed by atoms with Gasteiger partial charge in [0.1, 0.15) is 0 Å². The summed E-state index contributed by atoms with van der Waals surface area (Å²) < 4.78 is 28.4. The minimum Gasteiger partial charge on any atom is -0.370 e. The molecule has 0 amide bonds. The van der Waals surface area contributed by atoms with Gasteiger partial charge in [-0.05, 0) is 55.7 Å². The van der Waals surface area contributed by atoms with Crippen molar-refractivity contribution in [2.45, 2.75) is 24.7 Å². The van der Waals surface area contributed by atoms with Crippen LogP contribution in [-0.4, -0.2) is 31.5 Å². The fourth-order valence-electron chi connectivity index (χ4n) is 3.54. The van der Waals surface area contributed by atoms with E-state index in [1.807, 2.05) is 0 Å². The number of rotatable bonds is 4. The van der Waals surface area contributed by atoms with Crippen LogP contribution in [0.5, 0.6) is 0 Å². The maximum atomic E-state index is 12.9. The number of aryl methyl sites for hydroxylation is 1. The molecule has 1 aliphatic heterocycles. The standard InChI is InChI=1S/C19H19ClN4O4S/c1-11-8-14-15(22-19(26)18(25)21-14)10-17(11)29(27,28)23-12-4-5-16(13(20)9-12)24-6-2-3-7-24/h4-5,8-10,23H,2-3,6-7H2,1H3,(H,21,25)(H,22,26). The maximum Gasteiger partial charge on any atom is 0.314 e. The Kier molecular flexibility index (Phi) is 4.87. The Labute approximate surface area is 171 Å². The highest BCUT2D eigenvalue weighted by Crippen LogP contribution is 2.32. The Morgan fingerprint density at radius 2 is 1.62 bits per heavy atom. The molecular formula is C19H19ClN4O4S. The van der Waals surface area contributed by atoms with Crippen LogP contribution in [0.1, 0.15) is 18.4 Å². The summed E-state index contributed by atoms with van der Waals surface area (Å²) in [6.45, 7) is 3.48. The molecular weight excluding hydrogens is 416 g/mol. The molecule has 0 atom stereocenters. The second kappa shape index (κ2) is 7.23. The summed E-state index contributed by atoms with van der Waals surface area (Å²) >= 11 is 6.38. The zero-order chi connectivity index (χ0) is 20.8. The number of benzene rings is 2. The summed E-state index contributed by atoms with van der Waals surface area (Å²) in [6.07, 6.45) is 2.22. The molecule has 29 heavy (non-hydrogen) atoms. The fraction of sp³-hybridized carbons (Fsp3) is 0.263. The Morgan fingerprint density at radius 1 is 1.00 bits per heavy atom. The first-order valence-electron chi connectivity index (χ1n) is 9.09. The van der Waals surface area contributed by atoms with Crippen LogP contribution in [-0.2, 0) is 10.0 Å². The SMILES string of the molecule is Cc1cc2[nH]c(=O)c(=O)[nH]c2cc1S(=O)(=O)Nc1ccc(N2CCCC2)c(Cl)c1. The van der Waals surface area contributed by atoms with Gasteiger partial charge in [0.2, 0.25) is 0 Å². The van der Waals surface area contributed by atoms with Gasteiger partial charge < -0.3 is 14.9 Å². The van der Waals surface area contributed by atoms with E-state index in [2.05, 4.69) is 19.6 Å². The van der Waals surface area contributed by atoms with Gasteiger partial charge in [0.25, 0.3) is 10.0 Å². The molecule has 0 aliphatic carbocycles. The summed E-state index contributed by atoms with van der Waals surface area (Å²) in [5.41, 5.74) is 0.586. The van der Waals surface area contributed by atoms with Gasteiger partial charge in [-0.2, -0.15) is 0 Å². The van der Waals surface area contributed by atoms with E-state index in [-0.39, 0.29) is 10.4 Å². The zero-order valence-corrected chi connectivity index (χ0v) is 17.2. The summed E-state index contributed by atoms with van der Waals surface area (Å²) in [7, 11) is -3.94. The highest BCUT2D eigenvalue weighted by atomic mass is 35.5. The van der Waals surface area contributed by atoms with Crippen LogP contribution >= 0.6 is 11.6 Å². The van der Waals surface area contributed by atoms with Gasteiger partial charge in [0.05, 0.1) is 32.3 Å². The lowest BCUT2D eigenvalue weighted by atomic mass is 10.2. The average molecular weight is 435 g/mol. The molecule has 1 aliphatic rings. The molecule has 2 aromatic carbocycles. The van der Waals surface area contributed by atoms with Crippen molar-refractivity contribution in [3.8, 4) is 0 Å². The molecule has 3 aromatic rings. The Balaban J connectivity index is 1.69. The number of hydrogen-bond acceptors (Lipinski definition) is 5. The third kappa shape index (κ3) is 3.75. The molecule has 1 fully saturated rings. The highest BCUT2D eigenvalue weighted by Gasteiger charge is 2.20. The molecule has 0 bridgehead atoms. The first-order valence-corrected chi connectivity index (χ1v) is 10.9. The largest absolute Gasteiger partial charge is 0.370 e. The lowest BCUT2D eigenvalue weighted by Crippen LogP contribution is -2.29. The monoisotopic (exact) mass is 434 g/mol. The minimum atomic E-state index is -3.94. The van der Waals surface area contributed by atoms with Gasteiger partial charge in [0, 0.05) is 13.1 Å². The lowest BCUT2D eigenvalue weighted by molar-refractivity contribution is 0.600. The molecule has 0 saturated carbocycles. The first kappa shape index (κ1) is 19.5. The third-order valence-electron chi connectivity index (χ3n) is 4.95. The van der Waals surface area contributed by atoms with Crippen LogP contribution in [0, 0.1) is 6.92 Å².